The molecule has 3 unspecified atom stereocenters. The molecule has 0 spiro atoms. The molecule has 5 rings (SSSR count). The van der Waals surface area contributed by atoms with E-state index in [9.17, 15) is 9.59 Å². The van der Waals surface area contributed by atoms with Gasteiger partial charge in [-0.1, -0.05) is 12.1 Å². The molecule has 1 aromatic carbocycles. The molecule has 33 heavy (non-hydrogen) atoms. The van der Waals surface area contributed by atoms with Gasteiger partial charge in [0.15, 0.2) is 0 Å². The number of para-hydroxylation sites is 1. The quantitative estimate of drug-likeness (QED) is 0.436. The molecule has 2 aromatic rings. The van der Waals surface area contributed by atoms with Crippen LogP contribution < -0.4 is 26.6 Å². The van der Waals surface area contributed by atoms with Crippen molar-refractivity contribution in [3.8, 4) is 0 Å². The molecule has 0 bridgehead atoms. The number of thiazole rings is 1. The van der Waals surface area contributed by atoms with Crippen LogP contribution in [0.15, 0.2) is 24.3 Å². The molecule has 10 heteroatoms. The van der Waals surface area contributed by atoms with E-state index in [1.165, 1.54) is 0 Å². The lowest BCUT2D eigenvalue weighted by Crippen LogP contribution is -2.71. The molecule has 3 saturated heterocycles. The van der Waals surface area contributed by atoms with Crippen molar-refractivity contribution in [2.75, 3.05) is 26.2 Å². The molecular weight excluding hydrogens is 438 g/mol. The number of likely N-dealkylation sites (tertiary alicyclic amines) is 1. The summed E-state index contributed by atoms with van der Waals surface area (Å²) in [6.07, 6.45) is 3.52. The molecule has 0 aliphatic carbocycles. The fourth-order valence-electron chi connectivity index (χ4n) is 5.14. The maximum Gasteiger partial charge on any atom is 0.235 e. The number of nitrogens with zero attached hydrogens (tertiary/aromatic N) is 2. The van der Waals surface area contributed by atoms with Gasteiger partial charge in [0.25, 0.3) is 0 Å². The third-order valence-electron chi connectivity index (χ3n) is 6.82. The highest BCUT2D eigenvalue weighted by Gasteiger charge is 2.42. The maximum absolute atomic E-state index is 13.5. The Hall–Kier alpha value is -2.11. The molecule has 1 aromatic heterocycles. The number of hydrogen-bond donors (Lipinski definition) is 5. The second kappa shape index (κ2) is 10.0. The molecule has 2 amide bonds. The molecule has 4 atom stereocenters. The first-order chi connectivity index (χ1) is 16.1. The fourth-order valence-corrected chi connectivity index (χ4v) is 6.24. The van der Waals surface area contributed by atoms with Gasteiger partial charge in [-0.25, -0.2) is 4.98 Å². The van der Waals surface area contributed by atoms with Crippen LogP contribution in [0, 0.1) is 0 Å². The average Bonchev–Trinajstić information content (AvgIpc) is 3.23. The first-order valence-corrected chi connectivity index (χ1v) is 12.8. The fraction of sp³-hybridized carbons (Fsp3) is 0.609. The third kappa shape index (κ3) is 5.20. The van der Waals surface area contributed by atoms with Crippen molar-refractivity contribution in [1.29, 1.82) is 0 Å². The van der Waals surface area contributed by atoms with E-state index in [2.05, 4.69) is 37.6 Å². The highest BCUT2D eigenvalue weighted by atomic mass is 32.1. The molecule has 3 aliphatic rings. The smallest absolute Gasteiger partial charge is 0.235 e. The zero-order valence-electron chi connectivity index (χ0n) is 19.0. The molecule has 3 fully saturated rings. The van der Waals surface area contributed by atoms with Crippen LogP contribution in [0.5, 0.6) is 0 Å². The van der Waals surface area contributed by atoms with E-state index in [1.807, 2.05) is 18.2 Å². The summed E-state index contributed by atoms with van der Waals surface area (Å²) >= 11 is 1.59. The molecule has 178 valence electrons. The number of rotatable bonds is 5. The normalized spacial score (nSPS) is 29.7. The number of hydrogen-bond acceptors (Lipinski definition) is 8. The standard InChI is InChI=1S/C23H33N7O2S/c1-14(31)25-15-8-11-30(12-9-15)23-28-20(26-16-5-4-10-24-13-16)19(21(32)29-23)22-27-17-6-2-3-7-18(17)33-22/h2-3,6-7,15-16,19-20,23-24,26,28H,4-5,8-13H2,1H3,(H,25,31)(H,29,32)/t16-,19?,20?,23?/m1/s1. The third-order valence-corrected chi connectivity index (χ3v) is 7.94. The molecule has 4 heterocycles. The molecule has 0 saturated carbocycles. The van der Waals surface area contributed by atoms with Gasteiger partial charge in [0, 0.05) is 38.6 Å². The first kappa shape index (κ1) is 22.7. The maximum atomic E-state index is 13.5. The van der Waals surface area contributed by atoms with Crippen molar-refractivity contribution in [2.24, 2.45) is 0 Å². The zero-order chi connectivity index (χ0) is 22.8. The summed E-state index contributed by atoms with van der Waals surface area (Å²) < 4.78 is 1.10. The molecule has 0 radical (unpaired) electrons. The highest BCUT2D eigenvalue weighted by molar-refractivity contribution is 7.18. The van der Waals surface area contributed by atoms with Gasteiger partial charge >= 0.3 is 0 Å². The Morgan fingerprint density at radius 3 is 2.73 bits per heavy atom. The average molecular weight is 472 g/mol. The van der Waals surface area contributed by atoms with Crippen LogP contribution in [0.1, 0.15) is 43.5 Å². The van der Waals surface area contributed by atoms with E-state index >= 15 is 0 Å². The number of nitrogens with one attached hydrogen (secondary N) is 5. The van der Waals surface area contributed by atoms with E-state index in [0.29, 0.717) is 6.04 Å². The molecular formula is C23H33N7O2S. The Kier molecular flexibility index (Phi) is 6.89. The predicted molar refractivity (Wildman–Crippen MR) is 129 cm³/mol. The highest BCUT2D eigenvalue weighted by Crippen LogP contribution is 2.31. The first-order valence-electron chi connectivity index (χ1n) is 12.0. The largest absolute Gasteiger partial charge is 0.354 e. The topological polar surface area (TPSA) is 110 Å². The molecule has 3 aliphatic heterocycles. The van der Waals surface area contributed by atoms with E-state index in [-0.39, 0.29) is 30.3 Å². The van der Waals surface area contributed by atoms with Crippen LogP contribution in [0.3, 0.4) is 0 Å². The van der Waals surface area contributed by atoms with Gasteiger partial charge in [0.2, 0.25) is 11.8 Å². The van der Waals surface area contributed by atoms with Gasteiger partial charge < -0.3 is 16.0 Å². The Balaban J connectivity index is 1.33. The number of benzene rings is 1. The SMILES string of the molecule is CC(=O)NC1CCN(C2NC(=O)C(c3nc4ccccc4s3)C(N[C@@H]3CCCNC3)N2)CC1. The van der Waals surface area contributed by atoms with E-state index in [4.69, 9.17) is 4.98 Å². The lowest BCUT2D eigenvalue weighted by atomic mass is 9.99. The second-order valence-electron chi connectivity index (χ2n) is 9.27. The van der Waals surface area contributed by atoms with Crippen molar-refractivity contribution in [1.82, 2.24) is 36.5 Å². The summed E-state index contributed by atoms with van der Waals surface area (Å²) in [5.74, 6) is -0.373. The number of aromatic nitrogens is 1. The van der Waals surface area contributed by atoms with Crippen LogP contribution >= 0.6 is 11.3 Å². The summed E-state index contributed by atoms with van der Waals surface area (Å²) in [5, 5.41) is 17.9. The van der Waals surface area contributed by atoms with Gasteiger partial charge in [-0.3, -0.25) is 25.1 Å². The van der Waals surface area contributed by atoms with E-state index in [1.54, 1.807) is 18.3 Å². The van der Waals surface area contributed by atoms with Crippen molar-refractivity contribution in [3.05, 3.63) is 29.3 Å². The van der Waals surface area contributed by atoms with Crippen molar-refractivity contribution >= 4 is 33.4 Å². The number of fused-ring (bicyclic) bond motifs is 1. The zero-order valence-corrected chi connectivity index (χ0v) is 19.8. The summed E-state index contributed by atoms with van der Waals surface area (Å²) in [4.78, 5) is 31.9. The minimum Gasteiger partial charge on any atom is -0.354 e. The van der Waals surface area contributed by atoms with Crippen LogP contribution in [-0.2, 0) is 9.59 Å². The Morgan fingerprint density at radius 2 is 2.00 bits per heavy atom. The van der Waals surface area contributed by atoms with Crippen LogP contribution in [0.4, 0.5) is 0 Å². The van der Waals surface area contributed by atoms with Crippen molar-refractivity contribution < 1.29 is 9.59 Å². The number of amides is 2. The van der Waals surface area contributed by atoms with Crippen molar-refractivity contribution in [3.63, 3.8) is 0 Å². The minimum absolute atomic E-state index is 0.00283. The summed E-state index contributed by atoms with van der Waals surface area (Å²) in [6, 6.07) is 8.56. The van der Waals surface area contributed by atoms with Crippen LogP contribution in [-0.4, -0.2) is 72.4 Å². The van der Waals surface area contributed by atoms with Crippen molar-refractivity contribution in [2.45, 2.75) is 63.1 Å². The van der Waals surface area contributed by atoms with Crippen LogP contribution in [0.2, 0.25) is 0 Å². The Labute approximate surface area is 198 Å². The second-order valence-corrected chi connectivity index (χ2v) is 10.3. The number of piperidine rings is 2. The monoisotopic (exact) mass is 471 g/mol. The Bertz CT molecular complexity index is 951. The van der Waals surface area contributed by atoms with Gasteiger partial charge in [-0.2, -0.15) is 0 Å². The van der Waals surface area contributed by atoms with Crippen LogP contribution in [0.25, 0.3) is 10.2 Å². The van der Waals surface area contributed by atoms with Gasteiger partial charge in [0.05, 0.1) is 16.4 Å². The molecule has 9 nitrogen and oxygen atoms in total. The lowest BCUT2D eigenvalue weighted by molar-refractivity contribution is -0.130. The number of carbonyl (C=O) groups excluding carboxylic acids is 2. The van der Waals surface area contributed by atoms with E-state index in [0.717, 1.165) is 67.1 Å². The van der Waals surface area contributed by atoms with E-state index < -0.39 is 5.92 Å². The number of carbonyl (C=O) groups is 2. The van der Waals surface area contributed by atoms with Gasteiger partial charge in [0.1, 0.15) is 17.2 Å². The summed E-state index contributed by atoms with van der Waals surface area (Å²) in [6.45, 7) is 5.13. The molecule has 5 N–H and O–H groups in total. The lowest BCUT2D eigenvalue weighted by Gasteiger charge is -2.45. The minimum atomic E-state index is -0.391. The summed E-state index contributed by atoms with van der Waals surface area (Å²) in [5.41, 5.74) is 0.936. The van der Waals surface area contributed by atoms with Gasteiger partial charge in [-0.15, -0.1) is 11.3 Å². The summed E-state index contributed by atoms with van der Waals surface area (Å²) in [7, 11) is 0. The van der Waals surface area contributed by atoms with Gasteiger partial charge in [-0.05, 0) is 44.4 Å². The Morgan fingerprint density at radius 1 is 1.18 bits per heavy atom. The predicted octanol–water partition coefficient (Wildman–Crippen LogP) is 0.651.